The number of hydrogen-bond acceptors (Lipinski definition) is 7. The van der Waals surface area contributed by atoms with E-state index in [1.165, 1.54) is 0 Å². The number of Topliss-reactive ketones (excluding diaryl/α,β-unsaturated/α-hetero) is 1. The number of carbonyl (C=O) groups excluding carboxylic acids is 2. The molecule has 2 heterocycles. The second-order valence-corrected chi connectivity index (χ2v) is 6.80. The van der Waals surface area contributed by atoms with Gasteiger partial charge in [0.2, 0.25) is 12.6 Å². The number of carbonyl (C=O) groups is 2. The zero-order valence-electron chi connectivity index (χ0n) is 16.4. The first-order chi connectivity index (χ1) is 15.1. The van der Waals surface area contributed by atoms with E-state index in [0.29, 0.717) is 45.4 Å². The highest BCUT2D eigenvalue weighted by atomic mass is 16.7. The van der Waals surface area contributed by atoms with Crippen molar-refractivity contribution in [2.24, 2.45) is 0 Å². The number of benzene rings is 3. The molecule has 3 aromatic carbocycles. The number of fused-ring (bicyclic) bond motifs is 2. The van der Waals surface area contributed by atoms with E-state index in [2.05, 4.69) is 0 Å². The topological polar surface area (TPSA) is 80.3 Å². The van der Waals surface area contributed by atoms with Gasteiger partial charge in [0.1, 0.15) is 17.2 Å². The summed E-state index contributed by atoms with van der Waals surface area (Å²) in [5, 5.41) is 0. The third-order valence-corrected chi connectivity index (χ3v) is 4.89. The first-order valence-corrected chi connectivity index (χ1v) is 9.45. The molecular weight excluding hydrogens is 400 g/mol. The van der Waals surface area contributed by atoms with Crippen LogP contribution in [0.1, 0.15) is 26.3 Å². The SMILES string of the molecule is COc1ccc2c(c1)O/C(=C\c1ccccc1OC(=O)c1ccc3c(c1)OCO3)C2=O. The Morgan fingerprint density at radius 1 is 0.968 bits per heavy atom. The van der Waals surface area contributed by atoms with Gasteiger partial charge in [0.25, 0.3) is 0 Å². The van der Waals surface area contributed by atoms with Gasteiger partial charge in [0.15, 0.2) is 17.3 Å². The van der Waals surface area contributed by atoms with Crippen LogP contribution in [0, 0.1) is 0 Å². The highest BCUT2D eigenvalue weighted by molar-refractivity contribution is 6.14. The molecule has 7 heteroatoms. The Kier molecular flexibility index (Phi) is 4.55. The zero-order chi connectivity index (χ0) is 21.4. The van der Waals surface area contributed by atoms with Gasteiger partial charge in [-0.25, -0.2) is 4.79 Å². The van der Waals surface area contributed by atoms with Gasteiger partial charge in [0.05, 0.1) is 18.2 Å². The van der Waals surface area contributed by atoms with Crippen LogP contribution < -0.4 is 23.7 Å². The molecule has 0 N–H and O–H groups in total. The molecule has 2 aliphatic heterocycles. The Hall–Kier alpha value is -4.26. The third-order valence-electron chi connectivity index (χ3n) is 4.89. The van der Waals surface area contributed by atoms with Crippen LogP contribution in [0.25, 0.3) is 6.08 Å². The number of para-hydroxylation sites is 1. The van der Waals surface area contributed by atoms with Crippen LogP contribution in [-0.2, 0) is 0 Å². The predicted octanol–water partition coefficient (Wildman–Crippen LogP) is 4.26. The van der Waals surface area contributed by atoms with E-state index >= 15 is 0 Å². The summed E-state index contributed by atoms with van der Waals surface area (Å²) in [6.45, 7) is 0.118. The Labute approximate surface area is 177 Å². The lowest BCUT2D eigenvalue weighted by molar-refractivity contribution is 0.0733. The van der Waals surface area contributed by atoms with Gasteiger partial charge in [-0.2, -0.15) is 0 Å². The summed E-state index contributed by atoms with van der Waals surface area (Å²) in [4.78, 5) is 25.4. The largest absolute Gasteiger partial charge is 0.497 e. The van der Waals surface area contributed by atoms with Crippen molar-refractivity contribution in [3.63, 3.8) is 0 Å². The summed E-state index contributed by atoms with van der Waals surface area (Å²) in [5.74, 6) is 1.69. The van der Waals surface area contributed by atoms with Crippen molar-refractivity contribution >= 4 is 17.8 Å². The second-order valence-electron chi connectivity index (χ2n) is 6.80. The lowest BCUT2D eigenvalue weighted by atomic mass is 10.1. The van der Waals surface area contributed by atoms with Crippen molar-refractivity contribution in [3.05, 3.63) is 83.1 Å². The molecule has 0 fully saturated rings. The van der Waals surface area contributed by atoms with Gasteiger partial charge in [0, 0.05) is 11.6 Å². The molecule has 0 saturated carbocycles. The Morgan fingerprint density at radius 2 is 1.81 bits per heavy atom. The van der Waals surface area contributed by atoms with Crippen LogP contribution in [0.2, 0.25) is 0 Å². The van der Waals surface area contributed by atoms with Gasteiger partial charge in [-0.05, 0) is 42.5 Å². The number of esters is 1. The lowest BCUT2D eigenvalue weighted by Gasteiger charge is -2.08. The lowest BCUT2D eigenvalue weighted by Crippen LogP contribution is -2.09. The third kappa shape index (κ3) is 3.46. The van der Waals surface area contributed by atoms with Crippen molar-refractivity contribution in [1.29, 1.82) is 0 Å². The first kappa shape index (κ1) is 18.7. The van der Waals surface area contributed by atoms with Crippen LogP contribution >= 0.6 is 0 Å². The second kappa shape index (κ2) is 7.53. The van der Waals surface area contributed by atoms with Crippen molar-refractivity contribution < 1.29 is 33.3 Å². The molecule has 0 atom stereocenters. The van der Waals surface area contributed by atoms with Crippen molar-refractivity contribution in [2.45, 2.75) is 0 Å². The average molecular weight is 416 g/mol. The molecule has 0 unspecified atom stereocenters. The number of ketones is 1. The molecular formula is C24H16O7. The minimum atomic E-state index is -0.559. The van der Waals surface area contributed by atoms with E-state index < -0.39 is 5.97 Å². The Balaban J connectivity index is 1.41. The van der Waals surface area contributed by atoms with Crippen LogP contribution in [0.4, 0.5) is 0 Å². The van der Waals surface area contributed by atoms with Crippen LogP contribution in [0.3, 0.4) is 0 Å². The molecule has 0 radical (unpaired) electrons. The van der Waals surface area contributed by atoms with E-state index in [-0.39, 0.29) is 18.3 Å². The highest BCUT2D eigenvalue weighted by Gasteiger charge is 2.28. The quantitative estimate of drug-likeness (QED) is 0.357. The summed E-state index contributed by atoms with van der Waals surface area (Å²) in [7, 11) is 1.54. The Bertz CT molecular complexity index is 1240. The summed E-state index contributed by atoms with van der Waals surface area (Å²) in [6, 6.07) is 16.7. The molecule has 0 bridgehead atoms. The number of methoxy groups -OCH3 is 1. The molecule has 5 rings (SSSR count). The minimum Gasteiger partial charge on any atom is -0.497 e. The molecule has 154 valence electrons. The number of hydrogen-bond donors (Lipinski definition) is 0. The average Bonchev–Trinajstić information content (AvgIpc) is 3.38. The van der Waals surface area contributed by atoms with Gasteiger partial charge < -0.3 is 23.7 Å². The van der Waals surface area contributed by atoms with Gasteiger partial charge in [-0.1, -0.05) is 18.2 Å². The van der Waals surface area contributed by atoms with Crippen LogP contribution in [0.5, 0.6) is 28.7 Å². The molecule has 0 aromatic heterocycles. The maximum absolute atomic E-state index is 12.7. The summed E-state index contributed by atoms with van der Waals surface area (Å²) in [5.41, 5.74) is 1.29. The maximum atomic E-state index is 12.7. The van der Waals surface area contributed by atoms with E-state index in [9.17, 15) is 9.59 Å². The van der Waals surface area contributed by atoms with Crippen LogP contribution in [0.15, 0.2) is 66.4 Å². The number of allylic oxidation sites excluding steroid dienone is 1. The monoisotopic (exact) mass is 416 g/mol. The number of rotatable bonds is 4. The standard InChI is InChI=1S/C24H16O7/c1-27-16-7-8-17-20(12-16)30-22(23(17)25)10-14-4-2-3-5-18(14)31-24(26)15-6-9-19-21(11-15)29-13-28-19/h2-12H,13H2,1H3/b22-10-. The molecule has 7 nitrogen and oxygen atoms in total. The smallest absolute Gasteiger partial charge is 0.343 e. The maximum Gasteiger partial charge on any atom is 0.343 e. The summed E-state index contributed by atoms with van der Waals surface area (Å²) < 4.78 is 27.0. The van der Waals surface area contributed by atoms with E-state index in [4.69, 9.17) is 23.7 Å². The van der Waals surface area contributed by atoms with Gasteiger partial charge in [-0.15, -0.1) is 0 Å². The Morgan fingerprint density at radius 3 is 2.68 bits per heavy atom. The molecule has 2 aliphatic rings. The molecule has 0 saturated heterocycles. The van der Waals surface area contributed by atoms with Gasteiger partial charge >= 0.3 is 5.97 Å². The highest BCUT2D eigenvalue weighted by Crippen LogP contribution is 2.36. The van der Waals surface area contributed by atoms with Crippen molar-refractivity contribution in [3.8, 4) is 28.7 Å². The summed E-state index contributed by atoms with van der Waals surface area (Å²) in [6.07, 6.45) is 1.55. The van der Waals surface area contributed by atoms with Crippen LogP contribution in [-0.4, -0.2) is 25.7 Å². The van der Waals surface area contributed by atoms with Crippen molar-refractivity contribution in [2.75, 3.05) is 13.9 Å². The normalized spacial score (nSPS) is 14.9. The fraction of sp³-hybridized carbons (Fsp3) is 0.0833. The molecule has 0 aliphatic carbocycles. The molecule has 0 spiro atoms. The molecule has 31 heavy (non-hydrogen) atoms. The minimum absolute atomic E-state index is 0.118. The van der Waals surface area contributed by atoms with Crippen molar-refractivity contribution in [1.82, 2.24) is 0 Å². The number of ether oxygens (including phenoxy) is 5. The van der Waals surface area contributed by atoms with E-state index in [1.54, 1.807) is 73.8 Å². The summed E-state index contributed by atoms with van der Waals surface area (Å²) >= 11 is 0. The van der Waals surface area contributed by atoms with E-state index in [0.717, 1.165) is 0 Å². The molecule has 3 aromatic rings. The zero-order valence-corrected chi connectivity index (χ0v) is 16.4. The predicted molar refractivity (Wildman–Crippen MR) is 110 cm³/mol. The molecule has 0 amide bonds. The van der Waals surface area contributed by atoms with Gasteiger partial charge in [-0.3, -0.25) is 4.79 Å². The first-order valence-electron chi connectivity index (χ1n) is 9.45. The fourth-order valence-corrected chi connectivity index (χ4v) is 3.31. The fourth-order valence-electron chi connectivity index (χ4n) is 3.31. The van der Waals surface area contributed by atoms with E-state index in [1.807, 2.05) is 0 Å².